The van der Waals surface area contributed by atoms with Crippen LogP contribution in [-0.4, -0.2) is 32.1 Å². The summed E-state index contributed by atoms with van der Waals surface area (Å²) in [5, 5.41) is 9.27. The monoisotopic (exact) mass is 242 g/mol. The summed E-state index contributed by atoms with van der Waals surface area (Å²) >= 11 is 0. The smallest absolute Gasteiger partial charge is 0.147 e. The Bertz CT molecular complexity index is 437. The Morgan fingerprint density at radius 2 is 2.06 bits per heavy atom. The summed E-state index contributed by atoms with van der Waals surface area (Å²) in [6, 6.07) is 7.82. The van der Waals surface area contributed by atoms with Crippen LogP contribution >= 0.6 is 0 Å². The van der Waals surface area contributed by atoms with Crippen LogP contribution in [0, 0.1) is 6.92 Å². The molecule has 0 radical (unpaired) electrons. The average Bonchev–Trinajstić information content (AvgIpc) is 2.17. The Labute approximate surface area is 97.0 Å². The highest BCUT2D eigenvalue weighted by Crippen LogP contribution is 2.20. The molecular weight excluding hydrogens is 224 g/mol. The number of aryl methyl sites for hydroxylation is 1. The Kier molecular flexibility index (Phi) is 4.50. The van der Waals surface area contributed by atoms with Crippen LogP contribution in [0.4, 0.5) is 0 Å². The predicted molar refractivity (Wildman–Crippen MR) is 65.3 cm³/mol. The quantitative estimate of drug-likeness (QED) is 0.851. The minimum Gasteiger partial charge on any atom is -0.396 e. The Balaban J connectivity index is 2.75. The van der Waals surface area contributed by atoms with Crippen molar-refractivity contribution in [3.8, 4) is 0 Å². The largest absolute Gasteiger partial charge is 0.396 e. The molecule has 3 nitrogen and oxygen atoms in total. The number of aliphatic hydroxyl groups is 1. The number of hydrogen-bond acceptors (Lipinski definition) is 3. The molecule has 1 rings (SSSR count). The molecule has 1 atom stereocenters. The van der Waals surface area contributed by atoms with Crippen LogP contribution in [-0.2, 0) is 9.84 Å². The number of hydrogen-bond donors (Lipinski definition) is 1. The van der Waals surface area contributed by atoms with E-state index in [1.165, 1.54) is 6.26 Å². The van der Waals surface area contributed by atoms with E-state index in [0.29, 0.717) is 6.42 Å². The molecule has 0 aromatic heterocycles. The minimum absolute atomic E-state index is 0.0149. The lowest BCUT2D eigenvalue weighted by molar-refractivity contribution is 0.262. The predicted octanol–water partition coefficient (Wildman–Crippen LogP) is 1.51. The van der Waals surface area contributed by atoms with Gasteiger partial charge in [0.1, 0.15) is 9.84 Å². The van der Waals surface area contributed by atoms with E-state index in [9.17, 15) is 13.5 Å². The lowest BCUT2D eigenvalue weighted by Crippen LogP contribution is -2.11. The second-order valence-corrected chi connectivity index (χ2v) is 6.47. The van der Waals surface area contributed by atoms with Gasteiger partial charge in [0.15, 0.2) is 0 Å². The molecule has 0 fully saturated rings. The van der Waals surface area contributed by atoms with Crippen LogP contribution in [0.3, 0.4) is 0 Å². The van der Waals surface area contributed by atoms with Crippen LogP contribution in [0.25, 0.3) is 0 Å². The first-order valence-electron chi connectivity index (χ1n) is 5.27. The molecule has 16 heavy (non-hydrogen) atoms. The van der Waals surface area contributed by atoms with Crippen molar-refractivity contribution in [2.45, 2.75) is 19.3 Å². The summed E-state index contributed by atoms with van der Waals surface area (Å²) in [6.07, 6.45) is 1.69. The van der Waals surface area contributed by atoms with Crippen molar-refractivity contribution >= 4 is 9.84 Å². The van der Waals surface area contributed by atoms with Crippen molar-refractivity contribution < 1.29 is 13.5 Å². The van der Waals surface area contributed by atoms with Gasteiger partial charge < -0.3 is 5.11 Å². The molecule has 90 valence electrons. The summed E-state index contributed by atoms with van der Waals surface area (Å²) in [5.74, 6) is 0.0289. The normalized spacial score (nSPS) is 13.7. The number of sulfone groups is 1. The Morgan fingerprint density at radius 1 is 1.38 bits per heavy atom. The average molecular weight is 242 g/mol. The minimum atomic E-state index is -2.96. The molecular formula is C12H18O3S. The topological polar surface area (TPSA) is 54.4 Å². The molecule has 0 bridgehead atoms. The van der Waals surface area contributed by atoms with Crippen LogP contribution in [0.15, 0.2) is 24.3 Å². The maximum absolute atomic E-state index is 11.1. The first kappa shape index (κ1) is 13.2. The zero-order valence-electron chi connectivity index (χ0n) is 9.68. The third kappa shape index (κ3) is 4.33. The van der Waals surface area contributed by atoms with Gasteiger partial charge in [-0.05, 0) is 18.9 Å². The molecule has 0 aliphatic heterocycles. The lowest BCUT2D eigenvalue weighted by atomic mass is 9.96. The summed E-state index contributed by atoms with van der Waals surface area (Å²) in [4.78, 5) is 0. The van der Waals surface area contributed by atoms with Crippen molar-refractivity contribution in [2.24, 2.45) is 0 Å². The second-order valence-electron chi connectivity index (χ2n) is 4.21. The zero-order valence-corrected chi connectivity index (χ0v) is 10.5. The number of benzene rings is 1. The van der Waals surface area contributed by atoms with Crippen LogP contribution in [0.2, 0.25) is 0 Å². The molecule has 0 spiro atoms. The van der Waals surface area contributed by atoms with E-state index in [2.05, 4.69) is 0 Å². The van der Waals surface area contributed by atoms with E-state index in [1.54, 1.807) is 0 Å². The van der Waals surface area contributed by atoms with Gasteiger partial charge in [0, 0.05) is 18.8 Å². The third-order valence-electron chi connectivity index (χ3n) is 2.57. The van der Waals surface area contributed by atoms with E-state index in [0.717, 1.165) is 11.1 Å². The number of aliphatic hydroxyl groups excluding tert-OH is 1. The molecule has 1 unspecified atom stereocenters. The maximum atomic E-state index is 11.1. The van der Waals surface area contributed by atoms with Crippen LogP contribution in [0.5, 0.6) is 0 Å². The molecule has 1 aromatic rings. The van der Waals surface area contributed by atoms with Crippen molar-refractivity contribution in [3.63, 3.8) is 0 Å². The molecule has 0 aliphatic carbocycles. The highest BCUT2D eigenvalue weighted by molar-refractivity contribution is 7.90. The van der Waals surface area contributed by atoms with Gasteiger partial charge in [-0.1, -0.05) is 29.8 Å². The van der Waals surface area contributed by atoms with Crippen molar-refractivity contribution in [1.29, 1.82) is 0 Å². The van der Waals surface area contributed by atoms with Gasteiger partial charge in [-0.2, -0.15) is 0 Å². The first-order valence-corrected chi connectivity index (χ1v) is 7.33. The fourth-order valence-electron chi connectivity index (χ4n) is 1.64. The summed E-state index contributed by atoms with van der Waals surface area (Å²) < 4.78 is 22.1. The molecule has 0 saturated heterocycles. The molecule has 1 aromatic carbocycles. The van der Waals surface area contributed by atoms with Crippen molar-refractivity contribution in [2.75, 3.05) is 18.6 Å². The third-order valence-corrected chi connectivity index (χ3v) is 3.55. The Morgan fingerprint density at radius 3 is 2.56 bits per heavy atom. The fraction of sp³-hybridized carbons (Fsp3) is 0.500. The van der Waals surface area contributed by atoms with Gasteiger partial charge in [-0.3, -0.25) is 0 Å². The summed E-state index contributed by atoms with van der Waals surface area (Å²) in [6.45, 7) is 1.97. The molecule has 0 amide bonds. The molecule has 0 saturated carbocycles. The SMILES string of the molecule is Cc1cccc(C(CO)CCS(C)(=O)=O)c1. The van der Waals surface area contributed by atoms with Gasteiger partial charge >= 0.3 is 0 Å². The van der Waals surface area contributed by atoms with Crippen LogP contribution in [0.1, 0.15) is 23.5 Å². The zero-order chi connectivity index (χ0) is 12.2. The molecule has 0 heterocycles. The lowest BCUT2D eigenvalue weighted by Gasteiger charge is -2.14. The van der Waals surface area contributed by atoms with Gasteiger partial charge in [0.05, 0.1) is 5.75 Å². The van der Waals surface area contributed by atoms with Gasteiger partial charge in [-0.25, -0.2) is 8.42 Å². The summed E-state index contributed by atoms with van der Waals surface area (Å²) in [5.41, 5.74) is 2.13. The Hall–Kier alpha value is -0.870. The van der Waals surface area contributed by atoms with Gasteiger partial charge in [0.25, 0.3) is 0 Å². The van der Waals surface area contributed by atoms with Crippen molar-refractivity contribution in [1.82, 2.24) is 0 Å². The van der Waals surface area contributed by atoms with E-state index >= 15 is 0 Å². The van der Waals surface area contributed by atoms with E-state index in [1.807, 2.05) is 31.2 Å². The van der Waals surface area contributed by atoms with E-state index in [4.69, 9.17) is 0 Å². The van der Waals surface area contributed by atoms with Gasteiger partial charge in [-0.15, -0.1) is 0 Å². The summed E-state index contributed by atoms with van der Waals surface area (Å²) in [7, 11) is -2.96. The van der Waals surface area contributed by atoms with E-state index in [-0.39, 0.29) is 18.3 Å². The standard InChI is InChI=1S/C12H18O3S/c1-10-4-3-5-11(8-10)12(9-13)6-7-16(2,14)15/h3-5,8,12-13H,6-7,9H2,1-2H3. The maximum Gasteiger partial charge on any atom is 0.147 e. The highest BCUT2D eigenvalue weighted by atomic mass is 32.2. The second kappa shape index (κ2) is 5.46. The molecule has 1 N–H and O–H groups in total. The van der Waals surface area contributed by atoms with E-state index < -0.39 is 9.84 Å². The van der Waals surface area contributed by atoms with Crippen molar-refractivity contribution in [3.05, 3.63) is 35.4 Å². The van der Waals surface area contributed by atoms with Crippen LogP contribution < -0.4 is 0 Å². The highest BCUT2D eigenvalue weighted by Gasteiger charge is 2.13. The molecule has 4 heteroatoms. The van der Waals surface area contributed by atoms with Gasteiger partial charge in [0.2, 0.25) is 0 Å². The first-order chi connectivity index (χ1) is 7.42. The number of rotatable bonds is 5. The molecule has 0 aliphatic rings. The fourth-order valence-corrected chi connectivity index (χ4v) is 2.36.